The van der Waals surface area contributed by atoms with Gasteiger partial charge < -0.3 is 15.0 Å². The zero-order valence-electron chi connectivity index (χ0n) is 19.2. The monoisotopic (exact) mass is 442 g/mol. The Labute approximate surface area is 195 Å². The first-order valence-corrected chi connectivity index (χ1v) is 11.5. The van der Waals surface area contributed by atoms with E-state index in [2.05, 4.69) is 17.4 Å². The maximum Gasteiger partial charge on any atom is 0.263 e. The van der Waals surface area contributed by atoms with Crippen molar-refractivity contribution in [3.8, 4) is 5.75 Å². The van der Waals surface area contributed by atoms with E-state index >= 15 is 0 Å². The molecule has 0 spiro atoms. The van der Waals surface area contributed by atoms with E-state index in [0.717, 1.165) is 17.5 Å². The first-order valence-electron chi connectivity index (χ1n) is 11.5. The number of anilines is 1. The van der Waals surface area contributed by atoms with Gasteiger partial charge in [0.15, 0.2) is 6.10 Å². The zero-order chi connectivity index (χ0) is 23.2. The van der Waals surface area contributed by atoms with E-state index in [1.54, 1.807) is 6.92 Å². The Morgan fingerprint density at radius 1 is 1.06 bits per heavy atom. The first-order chi connectivity index (χ1) is 16.0. The minimum Gasteiger partial charge on any atom is -0.481 e. The lowest BCUT2D eigenvalue weighted by Gasteiger charge is -2.22. The predicted molar refractivity (Wildman–Crippen MR) is 130 cm³/mol. The van der Waals surface area contributed by atoms with Crippen LogP contribution in [0.2, 0.25) is 0 Å². The average molecular weight is 443 g/mol. The molecule has 1 aliphatic heterocycles. The van der Waals surface area contributed by atoms with E-state index < -0.39 is 6.10 Å². The maximum atomic E-state index is 13.0. The van der Waals surface area contributed by atoms with Gasteiger partial charge in [0.2, 0.25) is 5.91 Å². The Bertz CT molecular complexity index is 1100. The number of ether oxygens (including phenoxy) is 1. The number of nitrogens with zero attached hydrogens (tertiary/aromatic N) is 1. The van der Waals surface area contributed by atoms with Crippen LogP contribution >= 0.6 is 0 Å². The van der Waals surface area contributed by atoms with Gasteiger partial charge in [-0.2, -0.15) is 0 Å². The Morgan fingerprint density at radius 3 is 2.45 bits per heavy atom. The van der Waals surface area contributed by atoms with E-state index in [4.69, 9.17) is 4.74 Å². The fraction of sp³-hybridized carbons (Fsp3) is 0.286. The minimum atomic E-state index is -0.551. The van der Waals surface area contributed by atoms with Crippen LogP contribution in [-0.4, -0.2) is 29.4 Å². The van der Waals surface area contributed by atoms with Crippen LogP contribution in [0.3, 0.4) is 0 Å². The minimum absolute atomic E-state index is 0.0251. The summed E-state index contributed by atoms with van der Waals surface area (Å²) in [4.78, 5) is 27.8. The van der Waals surface area contributed by atoms with Gasteiger partial charge in [-0.05, 0) is 49.1 Å². The summed E-state index contributed by atoms with van der Waals surface area (Å²) in [5, 5.41) is 3.06. The Morgan fingerprint density at radius 2 is 1.76 bits per heavy atom. The van der Waals surface area contributed by atoms with E-state index in [0.29, 0.717) is 30.9 Å². The summed E-state index contributed by atoms with van der Waals surface area (Å²) in [6.07, 6.45) is 0.939. The van der Waals surface area contributed by atoms with E-state index in [-0.39, 0.29) is 17.7 Å². The SMILES string of the molecule is CC[C@H](C(=O)Nc1ccc2c(c1)CN(CCc1ccccc1)C(=O)[C@H](C)O2)c1ccccc1. The molecule has 0 fully saturated rings. The average Bonchev–Trinajstić information content (AvgIpc) is 2.95. The third-order valence-corrected chi connectivity index (χ3v) is 6.09. The van der Waals surface area contributed by atoms with Crippen molar-refractivity contribution in [3.63, 3.8) is 0 Å². The number of amides is 2. The third-order valence-electron chi connectivity index (χ3n) is 6.09. The molecule has 0 bridgehead atoms. The van der Waals surface area contributed by atoms with Crippen LogP contribution < -0.4 is 10.1 Å². The number of rotatable bonds is 7. The van der Waals surface area contributed by atoms with Crippen molar-refractivity contribution in [2.24, 2.45) is 0 Å². The third kappa shape index (κ3) is 5.43. The summed E-state index contributed by atoms with van der Waals surface area (Å²) in [5.74, 6) is 0.405. The highest BCUT2D eigenvalue weighted by Gasteiger charge is 2.28. The molecule has 1 aliphatic rings. The lowest BCUT2D eigenvalue weighted by Crippen LogP contribution is -2.39. The maximum absolute atomic E-state index is 13.0. The van der Waals surface area contributed by atoms with Crippen LogP contribution in [0.5, 0.6) is 5.75 Å². The van der Waals surface area contributed by atoms with Gasteiger partial charge in [-0.3, -0.25) is 9.59 Å². The highest BCUT2D eigenvalue weighted by molar-refractivity contribution is 5.96. The molecule has 170 valence electrons. The molecular weight excluding hydrogens is 412 g/mol. The number of carbonyl (C=O) groups excluding carboxylic acids is 2. The van der Waals surface area contributed by atoms with Crippen LogP contribution in [0.25, 0.3) is 0 Å². The summed E-state index contributed by atoms with van der Waals surface area (Å²) in [6, 6.07) is 25.6. The smallest absolute Gasteiger partial charge is 0.263 e. The van der Waals surface area contributed by atoms with Crippen LogP contribution in [0.15, 0.2) is 78.9 Å². The fourth-order valence-corrected chi connectivity index (χ4v) is 4.26. The number of fused-ring (bicyclic) bond motifs is 1. The molecule has 0 aromatic heterocycles. The van der Waals surface area contributed by atoms with Crippen molar-refractivity contribution in [3.05, 3.63) is 95.6 Å². The van der Waals surface area contributed by atoms with Crippen LogP contribution in [0.4, 0.5) is 5.69 Å². The molecule has 4 rings (SSSR count). The molecule has 1 N–H and O–H groups in total. The lowest BCUT2D eigenvalue weighted by atomic mass is 9.95. The predicted octanol–water partition coefficient (Wildman–Crippen LogP) is 5.17. The van der Waals surface area contributed by atoms with Gasteiger partial charge in [0.1, 0.15) is 5.75 Å². The largest absolute Gasteiger partial charge is 0.481 e. The number of hydrogen-bond acceptors (Lipinski definition) is 3. The van der Waals surface area contributed by atoms with Crippen molar-refractivity contribution in [1.29, 1.82) is 0 Å². The first kappa shape index (κ1) is 22.6. The van der Waals surface area contributed by atoms with Crippen molar-refractivity contribution in [2.45, 2.75) is 45.3 Å². The van der Waals surface area contributed by atoms with E-state index in [1.807, 2.05) is 78.6 Å². The highest BCUT2D eigenvalue weighted by Crippen LogP contribution is 2.30. The van der Waals surface area contributed by atoms with Gasteiger partial charge in [0, 0.05) is 24.3 Å². The molecule has 5 nitrogen and oxygen atoms in total. The molecular formula is C28H30N2O3. The molecule has 33 heavy (non-hydrogen) atoms. The number of nitrogens with one attached hydrogen (secondary N) is 1. The summed E-state index contributed by atoms with van der Waals surface area (Å²) >= 11 is 0. The highest BCUT2D eigenvalue weighted by atomic mass is 16.5. The number of hydrogen-bond donors (Lipinski definition) is 1. The standard InChI is InChI=1S/C28H30N2O3/c1-3-25(22-12-8-5-9-13-22)27(31)29-24-14-15-26-23(18-24)19-30(28(32)20(2)33-26)17-16-21-10-6-4-7-11-21/h4-15,18,20,25H,3,16-17,19H2,1-2H3,(H,29,31)/t20-,25-/m0/s1. The Hall–Kier alpha value is -3.60. The molecule has 0 saturated carbocycles. The van der Waals surface area contributed by atoms with Gasteiger partial charge in [-0.15, -0.1) is 0 Å². The van der Waals surface area contributed by atoms with Crippen molar-refractivity contribution < 1.29 is 14.3 Å². The van der Waals surface area contributed by atoms with E-state index in [1.165, 1.54) is 5.56 Å². The second kappa shape index (κ2) is 10.3. The number of carbonyl (C=O) groups is 2. The molecule has 3 aromatic rings. The van der Waals surface area contributed by atoms with Crippen LogP contribution in [-0.2, 0) is 22.6 Å². The summed E-state index contributed by atoms with van der Waals surface area (Å²) in [7, 11) is 0. The number of benzene rings is 3. The summed E-state index contributed by atoms with van der Waals surface area (Å²) in [6.45, 7) is 4.86. The molecule has 5 heteroatoms. The Kier molecular flexibility index (Phi) is 7.08. The fourth-order valence-electron chi connectivity index (χ4n) is 4.26. The molecule has 0 aliphatic carbocycles. The molecule has 2 atom stereocenters. The molecule has 1 heterocycles. The lowest BCUT2D eigenvalue weighted by molar-refractivity contribution is -0.137. The van der Waals surface area contributed by atoms with Gasteiger partial charge in [-0.25, -0.2) is 0 Å². The molecule has 0 radical (unpaired) electrons. The quantitative estimate of drug-likeness (QED) is 0.549. The van der Waals surface area contributed by atoms with Crippen molar-refractivity contribution in [1.82, 2.24) is 4.90 Å². The molecule has 2 amide bonds. The molecule has 3 aromatic carbocycles. The topological polar surface area (TPSA) is 58.6 Å². The van der Waals surface area contributed by atoms with Crippen LogP contribution in [0.1, 0.15) is 42.9 Å². The van der Waals surface area contributed by atoms with Gasteiger partial charge in [-0.1, -0.05) is 67.6 Å². The second-order valence-electron chi connectivity index (χ2n) is 8.44. The van der Waals surface area contributed by atoms with Crippen molar-refractivity contribution in [2.75, 3.05) is 11.9 Å². The van der Waals surface area contributed by atoms with Gasteiger partial charge in [0.05, 0.1) is 5.92 Å². The molecule has 0 unspecified atom stereocenters. The summed E-state index contributed by atoms with van der Waals surface area (Å²) in [5.41, 5.74) is 3.80. The van der Waals surface area contributed by atoms with Gasteiger partial charge in [0.25, 0.3) is 5.91 Å². The Balaban J connectivity index is 1.50. The van der Waals surface area contributed by atoms with E-state index in [9.17, 15) is 9.59 Å². The van der Waals surface area contributed by atoms with Crippen LogP contribution in [0, 0.1) is 0 Å². The second-order valence-corrected chi connectivity index (χ2v) is 8.44. The molecule has 0 saturated heterocycles. The summed E-state index contributed by atoms with van der Waals surface area (Å²) < 4.78 is 5.95. The zero-order valence-corrected chi connectivity index (χ0v) is 19.2. The van der Waals surface area contributed by atoms with Gasteiger partial charge >= 0.3 is 0 Å². The van der Waals surface area contributed by atoms with Crippen molar-refractivity contribution >= 4 is 17.5 Å². The normalized spacial score (nSPS) is 16.4.